The summed E-state index contributed by atoms with van der Waals surface area (Å²) < 4.78 is 0. The van der Waals surface area contributed by atoms with Crippen LogP contribution >= 0.6 is 11.3 Å². The molecule has 0 spiro atoms. The second-order valence-corrected chi connectivity index (χ2v) is 7.32. The maximum absolute atomic E-state index is 12.4. The molecule has 26 heavy (non-hydrogen) atoms. The third kappa shape index (κ3) is 5.99. The molecule has 2 N–H and O–H groups in total. The van der Waals surface area contributed by atoms with E-state index in [0.717, 1.165) is 18.4 Å². The van der Waals surface area contributed by atoms with Gasteiger partial charge in [0.1, 0.15) is 0 Å². The van der Waals surface area contributed by atoms with Crippen molar-refractivity contribution in [3.8, 4) is 0 Å². The summed E-state index contributed by atoms with van der Waals surface area (Å²) in [6, 6.07) is 13.9. The van der Waals surface area contributed by atoms with E-state index in [4.69, 9.17) is 0 Å². The molecular formula is C21H28N2O2S. The molecule has 1 aromatic carbocycles. The van der Waals surface area contributed by atoms with Gasteiger partial charge in [-0.05, 0) is 29.3 Å². The Balaban J connectivity index is 1.82. The molecular weight excluding hydrogens is 344 g/mol. The summed E-state index contributed by atoms with van der Waals surface area (Å²) in [5.74, 6) is 0.385. The van der Waals surface area contributed by atoms with Gasteiger partial charge in [-0.3, -0.25) is 9.59 Å². The topological polar surface area (TPSA) is 58.2 Å². The van der Waals surface area contributed by atoms with Crippen molar-refractivity contribution in [2.45, 2.75) is 45.6 Å². The number of thiophene rings is 1. The highest BCUT2D eigenvalue weighted by Crippen LogP contribution is 2.27. The minimum atomic E-state index is -0.0698. The van der Waals surface area contributed by atoms with Crippen LogP contribution in [0.5, 0.6) is 0 Å². The largest absolute Gasteiger partial charge is 0.351 e. The van der Waals surface area contributed by atoms with Crippen molar-refractivity contribution in [3.05, 3.63) is 58.3 Å². The van der Waals surface area contributed by atoms with Crippen LogP contribution in [0.1, 0.15) is 60.8 Å². The number of rotatable bonds is 10. The molecule has 1 aromatic heterocycles. The standard InChI is InChI=1S/C21H28N2O2S/c1-3-16(4-2)20(17-10-6-5-7-11-17)23-19(24)13-8-14-22-21(25)18-12-9-15-26-18/h5-7,9-12,15-16,20H,3-4,8,13-14H2,1-2H3,(H,22,25)(H,23,24). The Bertz CT molecular complexity index is 667. The summed E-state index contributed by atoms with van der Waals surface area (Å²) in [5.41, 5.74) is 1.15. The Morgan fingerprint density at radius 1 is 1.04 bits per heavy atom. The highest BCUT2D eigenvalue weighted by Gasteiger charge is 2.22. The fourth-order valence-corrected chi connectivity index (χ4v) is 3.73. The number of hydrogen-bond donors (Lipinski definition) is 2. The summed E-state index contributed by atoms with van der Waals surface area (Å²) in [4.78, 5) is 25.0. The first-order chi connectivity index (χ1) is 12.7. The molecule has 140 valence electrons. The average Bonchev–Trinajstić information content (AvgIpc) is 3.21. The monoisotopic (exact) mass is 372 g/mol. The van der Waals surface area contributed by atoms with Gasteiger partial charge in [0.05, 0.1) is 10.9 Å². The molecule has 0 fully saturated rings. The minimum Gasteiger partial charge on any atom is -0.351 e. The van der Waals surface area contributed by atoms with Crippen molar-refractivity contribution in [1.82, 2.24) is 10.6 Å². The lowest BCUT2D eigenvalue weighted by Crippen LogP contribution is -2.34. The predicted molar refractivity (Wildman–Crippen MR) is 107 cm³/mol. The van der Waals surface area contributed by atoms with E-state index in [1.54, 1.807) is 6.07 Å². The molecule has 0 saturated heterocycles. The highest BCUT2D eigenvalue weighted by molar-refractivity contribution is 7.12. The zero-order valence-corrected chi connectivity index (χ0v) is 16.4. The van der Waals surface area contributed by atoms with Gasteiger partial charge in [-0.25, -0.2) is 0 Å². The van der Waals surface area contributed by atoms with Crippen LogP contribution in [-0.4, -0.2) is 18.4 Å². The normalized spacial score (nSPS) is 12.0. The molecule has 0 aliphatic heterocycles. The maximum atomic E-state index is 12.4. The third-order valence-electron chi connectivity index (χ3n) is 4.61. The fraction of sp³-hybridized carbons (Fsp3) is 0.429. The first-order valence-electron chi connectivity index (χ1n) is 9.31. The molecule has 2 rings (SSSR count). The first kappa shape index (κ1) is 20.2. The van der Waals surface area contributed by atoms with Gasteiger partial charge >= 0.3 is 0 Å². The molecule has 2 aromatic rings. The van der Waals surface area contributed by atoms with Crippen LogP contribution in [-0.2, 0) is 4.79 Å². The van der Waals surface area contributed by atoms with Crippen LogP contribution in [0, 0.1) is 5.92 Å². The van der Waals surface area contributed by atoms with Crippen molar-refractivity contribution in [2.24, 2.45) is 5.92 Å². The van der Waals surface area contributed by atoms with Crippen LogP contribution in [0.3, 0.4) is 0 Å². The summed E-state index contributed by atoms with van der Waals surface area (Å²) in [6.07, 6.45) is 3.09. The molecule has 1 unspecified atom stereocenters. The van der Waals surface area contributed by atoms with Crippen molar-refractivity contribution in [3.63, 3.8) is 0 Å². The number of amides is 2. The zero-order chi connectivity index (χ0) is 18.8. The van der Waals surface area contributed by atoms with Crippen LogP contribution in [0.25, 0.3) is 0 Å². The van der Waals surface area contributed by atoms with Gasteiger partial charge in [-0.2, -0.15) is 0 Å². The predicted octanol–water partition coefficient (Wildman–Crippen LogP) is 4.55. The molecule has 5 heteroatoms. The number of benzene rings is 1. The Morgan fingerprint density at radius 2 is 1.77 bits per heavy atom. The van der Waals surface area contributed by atoms with Crippen molar-refractivity contribution in [2.75, 3.05) is 6.54 Å². The smallest absolute Gasteiger partial charge is 0.261 e. The lowest BCUT2D eigenvalue weighted by molar-refractivity contribution is -0.122. The van der Waals surface area contributed by atoms with Gasteiger partial charge in [0.25, 0.3) is 5.91 Å². The van der Waals surface area contributed by atoms with Crippen molar-refractivity contribution in [1.29, 1.82) is 0 Å². The van der Waals surface area contributed by atoms with E-state index in [0.29, 0.717) is 30.2 Å². The van der Waals surface area contributed by atoms with Gasteiger partial charge in [-0.15, -0.1) is 11.3 Å². The minimum absolute atomic E-state index is 0.0381. The van der Waals surface area contributed by atoms with Crippen LogP contribution in [0.15, 0.2) is 47.8 Å². The zero-order valence-electron chi connectivity index (χ0n) is 15.5. The van der Waals surface area contributed by atoms with Gasteiger partial charge in [0.15, 0.2) is 0 Å². The molecule has 2 amide bonds. The van der Waals surface area contributed by atoms with Crippen LogP contribution in [0.4, 0.5) is 0 Å². The van der Waals surface area contributed by atoms with Crippen molar-refractivity contribution < 1.29 is 9.59 Å². The second kappa shape index (κ2) is 10.8. The molecule has 4 nitrogen and oxygen atoms in total. The number of nitrogens with one attached hydrogen (secondary N) is 2. The van der Waals surface area contributed by atoms with E-state index in [2.05, 4.69) is 36.6 Å². The Labute approximate surface area is 160 Å². The number of carbonyl (C=O) groups excluding carboxylic acids is 2. The quantitative estimate of drug-likeness (QED) is 0.601. The average molecular weight is 373 g/mol. The van der Waals surface area contributed by atoms with E-state index in [1.165, 1.54) is 11.3 Å². The van der Waals surface area contributed by atoms with Gasteiger partial charge in [0.2, 0.25) is 5.91 Å². The summed E-state index contributed by atoms with van der Waals surface area (Å²) >= 11 is 1.42. The molecule has 0 saturated carbocycles. The van der Waals surface area contributed by atoms with Crippen LogP contribution in [0.2, 0.25) is 0 Å². The summed E-state index contributed by atoms with van der Waals surface area (Å²) in [5, 5.41) is 7.94. The van der Waals surface area contributed by atoms with E-state index in [1.807, 2.05) is 29.6 Å². The second-order valence-electron chi connectivity index (χ2n) is 6.37. The summed E-state index contributed by atoms with van der Waals surface area (Å²) in [6.45, 7) is 4.83. The first-order valence-corrected chi connectivity index (χ1v) is 10.2. The van der Waals surface area contributed by atoms with Crippen LogP contribution < -0.4 is 10.6 Å². The molecule has 1 atom stereocenters. The maximum Gasteiger partial charge on any atom is 0.261 e. The fourth-order valence-electron chi connectivity index (χ4n) is 3.09. The highest BCUT2D eigenvalue weighted by atomic mass is 32.1. The van der Waals surface area contributed by atoms with E-state index in [-0.39, 0.29) is 17.9 Å². The van der Waals surface area contributed by atoms with E-state index in [9.17, 15) is 9.59 Å². The molecule has 0 bridgehead atoms. The van der Waals surface area contributed by atoms with Gasteiger partial charge in [-0.1, -0.05) is 63.1 Å². The van der Waals surface area contributed by atoms with Gasteiger partial charge in [0, 0.05) is 13.0 Å². The van der Waals surface area contributed by atoms with Gasteiger partial charge < -0.3 is 10.6 Å². The Hall–Kier alpha value is -2.14. The molecule has 0 aliphatic rings. The number of hydrogen-bond acceptors (Lipinski definition) is 3. The molecule has 0 radical (unpaired) electrons. The summed E-state index contributed by atoms with van der Waals surface area (Å²) in [7, 11) is 0. The Morgan fingerprint density at radius 3 is 2.38 bits per heavy atom. The lowest BCUT2D eigenvalue weighted by atomic mass is 9.88. The van der Waals surface area contributed by atoms with E-state index < -0.39 is 0 Å². The van der Waals surface area contributed by atoms with E-state index >= 15 is 0 Å². The Kier molecular flexibility index (Phi) is 8.35. The van der Waals surface area contributed by atoms with Crippen molar-refractivity contribution >= 4 is 23.2 Å². The lowest BCUT2D eigenvalue weighted by Gasteiger charge is -2.27. The third-order valence-corrected chi connectivity index (χ3v) is 5.48. The molecule has 1 heterocycles. The SMILES string of the molecule is CCC(CC)C(NC(=O)CCCNC(=O)c1cccs1)c1ccccc1. The number of carbonyl (C=O) groups is 2. The molecule has 0 aliphatic carbocycles.